The van der Waals surface area contributed by atoms with Crippen LogP contribution in [0.2, 0.25) is 5.02 Å². The van der Waals surface area contributed by atoms with E-state index in [2.05, 4.69) is 31.3 Å². The monoisotopic (exact) mass is 654 g/mol. The molecular weight excluding hydrogens is 637 g/mol. The first-order chi connectivity index (χ1) is 20.1. The molecule has 0 unspecified atom stereocenters. The van der Waals surface area contributed by atoms with Crippen LogP contribution in [0.5, 0.6) is 5.75 Å². The van der Waals surface area contributed by atoms with E-state index in [1.807, 2.05) is 0 Å². The van der Waals surface area contributed by atoms with E-state index in [1.165, 1.54) is 18.3 Å². The summed E-state index contributed by atoms with van der Waals surface area (Å²) < 4.78 is 47.7. The van der Waals surface area contributed by atoms with Gasteiger partial charge in [-0.05, 0) is 66.7 Å². The molecular formula is C30H19BrClF3N4O3. The molecule has 1 heterocycles. The van der Waals surface area contributed by atoms with Gasteiger partial charge in [0.15, 0.2) is 12.4 Å². The first-order valence-electron chi connectivity index (χ1n) is 12.3. The Morgan fingerprint density at radius 3 is 2.55 bits per heavy atom. The summed E-state index contributed by atoms with van der Waals surface area (Å²) in [7, 11) is 0. The summed E-state index contributed by atoms with van der Waals surface area (Å²) >= 11 is 9.26. The molecule has 1 aromatic heterocycles. The van der Waals surface area contributed by atoms with Crippen LogP contribution in [0.3, 0.4) is 0 Å². The van der Waals surface area contributed by atoms with E-state index in [-0.39, 0.29) is 29.1 Å². The zero-order valence-electron chi connectivity index (χ0n) is 21.4. The number of para-hydroxylation sites is 1. The van der Waals surface area contributed by atoms with Crippen molar-refractivity contribution in [1.29, 1.82) is 0 Å². The number of carbonyl (C=O) groups is 1. The predicted molar refractivity (Wildman–Crippen MR) is 159 cm³/mol. The number of aromatic nitrogens is 2. The van der Waals surface area contributed by atoms with E-state index >= 15 is 0 Å². The summed E-state index contributed by atoms with van der Waals surface area (Å²) in [4.78, 5) is 30.4. The summed E-state index contributed by atoms with van der Waals surface area (Å²) in [6, 6.07) is 22.5. The molecule has 212 valence electrons. The third kappa shape index (κ3) is 6.69. The van der Waals surface area contributed by atoms with Gasteiger partial charge in [0.25, 0.3) is 11.5 Å². The van der Waals surface area contributed by atoms with E-state index in [4.69, 9.17) is 16.3 Å². The number of halogens is 5. The number of fused-ring (bicyclic) bond motifs is 1. The van der Waals surface area contributed by atoms with Crippen molar-refractivity contribution in [2.24, 2.45) is 5.10 Å². The van der Waals surface area contributed by atoms with Crippen molar-refractivity contribution >= 4 is 56.2 Å². The summed E-state index contributed by atoms with van der Waals surface area (Å²) in [5.74, 6) is -0.235. The maximum atomic E-state index is 13.5. The van der Waals surface area contributed by atoms with Crippen LogP contribution in [0.1, 0.15) is 11.1 Å². The number of carbonyl (C=O) groups excluding carboxylic acids is 1. The fourth-order valence-electron chi connectivity index (χ4n) is 4.00. The van der Waals surface area contributed by atoms with Crippen LogP contribution < -0.4 is 15.6 Å². The van der Waals surface area contributed by atoms with Crippen molar-refractivity contribution in [3.63, 3.8) is 0 Å². The quantitative estimate of drug-likeness (QED) is 0.185. The molecule has 0 fully saturated rings. The number of rotatable bonds is 7. The third-order valence-corrected chi connectivity index (χ3v) is 6.72. The number of nitrogens with zero attached hydrogens (tertiary/aromatic N) is 3. The van der Waals surface area contributed by atoms with Crippen molar-refractivity contribution in [2.45, 2.75) is 6.18 Å². The Labute approximate surface area is 250 Å². The van der Waals surface area contributed by atoms with Gasteiger partial charge in [-0.25, -0.2) is 4.98 Å². The molecule has 0 radical (unpaired) electrons. The Morgan fingerprint density at radius 2 is 1.79 bits per heavy atom. The van der Waals surface area contributed by atoms with Crippen LogP contribution in [-0.2, 0) is 11.0 Å². The van der Waals surface area contributed by atoms with E-state index in [0.29, 0.717) is 26.3 Å². The minimum absolute atomic E-state index is 0.0504. The van der Waals surface area contributed by atoms with Crippen molar-refractivity contribution < 1.29 is 22.7 Å². The number of anilines is 1. The number of amides is 1. The largest absolute Gasteiger partial charge is 0.483 e. The van der Waals surface area contributed by atoms with Crippen molar-refractivity contribution in [2.75, 3.05) is 11.9 Å². The summed E-state index contributed by atoms with van der Waals surface area (Å²) in [6.45, 7) is -0.335. The number of nitrogens with one attached hydrogen (secondary N) is 1. The van der Waals surface area contributed by atoms with Crippen LogP contribution in [0.25, 0.3) is 22.3 Å². The van der Waals surface area contributed by atoms with Gasteiger partial charge < -0.3 is 10.1 Å². The van der Waals surface area contributed by atoms with Gasteiger partial charge >= 0.3 is 6.18 Å². The highest BCUT2D eigenvalue weighted by Crippen LogP contribution is 2.32. The zero-order chi connectivity index (χ0) is 29.9. The number of hydrogen-bond acceptors (Lipinski definition) is 5. The molecule has 5 rings (SSSR count). The minimum Gasteiger partial charge on any atom is -0.483 e. The number of benzene rings is 4. The molecule has 0 atom stereocenters. The Bertz CT molecular complexity index is 1880. The fraction of sp³-hybridized carbons (Fsp3) is 0.0667. The van der Waals surface area contributed by atoms with Gasteiger partial charge in [-0.2, -0.15) is 22.9 Å². The lowest BCUT2D eigenvalue weighted by atomic mass is 10.1. The van der Waals surface area contributed by atoms with Gasteiger partial charge in [-0.3, -0.25) is 9.59 Å². The normalized spacial score (nSPS) is 11.6. The summed E-state index contributed by atoms with van der Waals surface area (Å²) in [5.41, 5.74) is -0.190. The van der Waals surface area contributed by atoms with Gasteiger partial charge in [0.05, 0.1) is 22.7 Å². The Kier molecular flexibility index (Phi) is 8.41. The number of hydrogen-bond donors (Lipinski definition) is 1. The molecule has 0 aliphatic carbocycles. The molecule has 42 heavy (non-hydrogen) atoms. The molecule has 7 nitrogen and oxygen atoms in total. The highest BCUT2D eigenvalue weighted by atomic mass is 79.9. The standard InChI is InChI=1S/C30H19BrClF3N4O3/c31-21-8-13-26(42-17-27(40)37-23-11-9-22(32)10-12-23)19(15-21)16-36-39-28(18-4-3-5-20(14-18)30(33,34)35)38-25-7-2-1-6-24(25)29(39)41/h1-16H,17H2,(H,37,40). The van der Waals surface area contributed by atoms with Crippen LogP contribution in [0.15, 0.2) is 105 Å². The molecule has 0 spiro atoms. The fourth-order valence-corrected chi connectivity index (χ4v) is 4.50. The third-order valence-electron chi connectivity index (χ3n) is 5.97. The van der Waals surface area contributed by atoms with Gasteiger partial charge in [-0.1, -0.05) is 51.8 Å². The maximum Gasteiger partial charge on any atom is 0.416 e. The molecule has 4 aromatic carbocycles. The molecule has 1 N–H and O–H groups in total. The summed E-state index contributed by atoms with van der Waals surface area (Å²) in [6.07, 6.45) is -3.28. The molecule has 0 aliphatic heterocycles. The van der Waals surface area contributed by atoms with E-state index in [1.54, 1.807) is 66.7 Å². The lowest BCUT2D eigenvalue weighted by molar-refractivity contribution is -0.137. The second-order valence-corrected chi connectivity index (χ2v) is 10.3. The lowest BCUT2D eigenvalue weighted by Crippen LogP contribution is -2.21. The average molecular weight is 656 g/mol. The first kappa shape index (κ1) is 29.0. The van der Waals surface area contributed by atoms with Crippen LogP contribution >= 0.6 is 27.5 Å². The maximum absolute atomic E-state index is 13.5. The average Bonchev–Trinajstić information content (AvgIpc) is 2.97. The lowest BCUT2D eigenvalue weighted by Gasteiger charge is -2.13. The topological polar surface area (TPSA) is 85.6 Å². The minimum atomic E-state index is -4.59. The van der Waals surface area contributed by atoms with Crippen molar-refractivity contribution in [1.82, 2.24) is 9.66 Å². The van der Waals surface area contributed by atoms with Crippen LogP contribution in [-0.4, -0.2) is 28.4 Å². The van der Waals surface area contributed by atoms with Gasteiger partial charge in [-0.15, -0.1) is 0 Å². The van der Waals surface area contributed by atoms with Crippen LogP contribution in [0, 0.1) is 0 Å². The number of alkyl halides is 3. The smallest absolute Gasteiger partial charge is 0.416 e. The SMILES string of the molecule is O=C(COc1ccc(Br)cc1C=Nn1c(-c2cccc(C(F)(F)F)c2)nc2ccccc2c1=O)Nc1ccc(Cl)cc1. The molecule has 0 aliphatic rings. The van der Waals surface area contributed by atoms with Crippen molar-refractivity contribution in [3.8, 4) is 17.1 Å². The molecule has 1 amide bonds. The number of ether oxygens (including phenoxy) is 1. The van der Waals surface area contributed by atoms with Gasteiger partial charge in [0, 0.05) is 26.3 Å². The van der Waals surface area contributed by atoms with Crippen molar-refractivity contribution in [3.05, 3.63) is 122 Å². The second-order valence-electron chi connectivity index (χ2n) is 8.92. The zero-order valence-corrected chi connectivity index (χ0v) is 23.7. The highest BCUT2D eigenvalue weighted by Gasteiger charge is 2.31. The Balaban J connectivity index is 1.50. The molecule has 0 bridgehead atoms. The molecule has 0 saturated carbocycles. The van der Waals surface area contributed by atoms with Gasteiger partial charge in [0.1, 0.15) is 5.75 Å². The van der Waals surface area contributed by atoms with E-state index in [9.17, 15) is 22.8 Å². The van der Waals surface area contributed by atoms with Gasteiger partial charge in [0.2, 0.25) is 0 Å². The highest BCUT2D eigenvalue weighted by molar-refractivity contribution is 9.10. The van der Waals surface area contributed by atoms with Crippen LogP contribution in [0.4, 0.5) is 18.9 Å². The Hall–Kier alpha value is -4.48. The van der Waals surface area contributed by atoms with E-state index in [0.717, 1.165) is 16.8 Å². The van der Waals surface area contributed by atoms with E-state index < -0.39 is 23.2 Å². The predicted octanol–water partition coefficient (Wildman–Crippen LogP) is 7.40. The first-order valence-corrected chi connectivity index (χ1v) is 13.5. The molecule has 12 heteroatoms. The molecule has 0 saturated heterocycles. The summed E-state index contributed by atoms with van der Waals surface area (Å²) in [5, 5.41) is 7.77. The molecule has 5 aromatic rings. The second kappa shape index (κ2) is 12.2. The Morgan fingerprint density at radius 1 is 1.02 bits per heavy atom.